The van der Waals surface area contributed by atoms with Gasteiger partial charge >= 0.3 is 5.97 Å². The van der Waals surface area contributed by atoms with Crippen molar-refractivity contribution >= 4 is 5.97 Å². The van der Waals surface area contributed by atoms with Gasteiger partial charge in [-0.2, -0.15) is 0 Å². The molecule has 0 radical (unpaired) electrons. The van der Waals surface area contributed by atoms with E-state index in [4.69, 9.17) is 10.5 Å². The van der Waals surface area contributed by atoms with E-state index in [0.29, 0.717) is 13.2 Å². The van der Waals surface area contributed by atoms with Gasteiger partial charge in [-0.3, -0.25) is 4.79 Å². The van der Waals surface area contributed by atoms with E-state index in [9.17, 15) is 4.79 Å². The Labute approximate surface area is 98.1 Å². The van der Waals surface area contributed by atoms with Crippen LogP contribution in [0.15, 0.2) is 0 Å². The molecule has 1 rings (SSSR count). The van der Waals surface area contributed by atoms with E-state index < -0.39 is 6.04 Å². The number of nitrogens with two attached hydrogens (primary N) is 1. The first kappa shape index (κ1) is 13.5. The predicted octanol–water partition coefficient (Wildman–Crippen LogP) is 0.999. The van der Waals surface area contributed by atoms with E-state index in [1.165, 1.54) is 19.3 Å². The first-order chi connectivity index (χ1) is 7.63. The molecule has 1 fully saturated rings. The van der Waals surface area contributed by atoms with Crippen molar-refractivity contribution in [3.05, 3.63) is 0 Å². The molecule has 1 saturated heterocycles. The zero-order valence-electron chi connectivity index (χ0n) is 10.4. The minimum Gasteiger partial charge on any atom is -0.465 e. The Morgan fingerprint density at radius 1 is 1.50 bits per heavy atom. The number of nitrogens with zero attached hydrogens (tertiary/aromatic N) is 1. The van der Waals surface area contributed by atoms with Crippen LogP contribution >= 0.6 is 0 Å². The number of hydrogen-bond acceptors (Lipinski definition) is 4. The second-order valence-electron chi connectivity index (χ2n) is 4.70. The Morgan fingerprint density at radius 2 is 2.25 bits per heavy atom. The molecule has 94 valence electrons. The van der Waals surface area contributed by atoms with Crippen LogP contribution in [-0.2, 0) is 9.53 Å². The van der Waals surface area contributed by atoms with Crippen molar-refractivity contribution < 1.29 is 9.53 Å². The molecule has 0 bridgehead atoms. The fourth-order valence-corrected chi connectivity index (χ4v) is 2.11. The molecule has 16 heavy (non-hydrogen) atoms. The zero-order chi connectivity index (χ0) is 12.0. The Morgan fingerprint density at radius 3 is 2.94 bits per heavy atom. The summed E-state index contributed by atoms with van der Waals surface area (Å²) in [5, 5.41) is 0. The standard InChI is InChI=1S/C12H24N2O2/c1-3-16-12(15)11(13)9-14-7-4-5-10(2)6-8-14/h10-11H,3-9,13H2,1-2H3. The van der Waals surface area contributed by atoms with Gasteiger partial charge in [-0.25, -0.2) is 0 Å². The first-order valence-electron chi connectivity index (χ1n) is 6.28. The van der Waals surface area contributed by atoms with Gasteiger partial charge in [0.2, 0.25) is 0 Å². The van der Waals surface area contributed by atoms with E-state index >= 15 is 0 Å². The summed E-state index contributed by atoms with van der Waals surface area (Å²) in [7, 11) is 0. The van der Waals surface area contributed by atoms with Gasteiger partial charge in [-0.15, -0.1) is 0 Å². The van der Waals surface area contributed by atoms with Crippen LogP contribution in [0.1, 0.15) is 33.1 Å². The van der Waals surface area contributed by atoms with Crippen LogP contribution in [0.2, 0.25) is 0 Å². The van der Waals surface area contributed by atoms with Crippen LogP contribution in [0.5, 0.6) is 0 Å². The molecule has 0 aliphatic carbocycles. The van der Waals surface area contributed by atoms with Gasteiger partial charge in [0.05, 0.1) is 6.61 Å². The molecule has 1 aliphatic rings. The average Bonchev–Trinajstić information content (AvgIpc) is 2.44. The number of likely N-dealkylation sites (tertiary alicyclic amines) is 1. The van der Waals surface area contributed by atoms with E-state index in [1.54, 1.807) is 6.92 Å². The third-order valence-electron chi connectivity index (χ3n) is 3.15. The van der Waals surface area contributed by atoms with Crippen molar-refractivity contribution in [3.63, 3.8) is 0 Å². The molecule has 0 aromatic rings. The van der Waals surface area contributed by atoms with Crippen molar-refractivity contribution in [3.8, 4) is 0 Å². The predicted molar refractivity (Wildman–Crippen MR) is 64.1 cm³/mol. The lowest BCUT2D eigenvalue weighted by molar-refractivity contribution is -0.145. The Kier molecular flexibility index (Phi) is 5.77. The van der Waals surface area contributed by atoms with E-state index in [1.807, 2.05) is 0 Å². The summed E-state index contributed by atoms with van der Waals surface area (Å²) in [6, 6.07) is -0.492. The third kappa shape index (κ3) is 4.49. The molecule has 0 saturated carbocycles. The van der Waals surface area contributed by atoms with E-state index in [0.717, 1.165) is 19.0 Å². The molecule has 0 spiro atoms. The van der Waals surface area contributed by atoms with E-state index in [-0.39, 0.29) is 5.97 Å². The van der Waals surface area contributed by atoms with Gasteiger partial charge < -0.3 is 15.4 Å². The molecular formula is C12H24N2O2. The molecule has 0 amide bonds. The van der Waals surface area contributed by atoms with Crippen molar-refractivity contribution in [1.82, 2.24) is 4.90 Å². The van der Waals surface area contributed by atoms with Crippen LogP contribution in [0.25, 0.3) is 0 Å². The molecular weight excluding hydrogens is 204 g/mol. The van der Waals surface area contributed by atoms with E-state index in [2.05, 4.69) is 11.8 Å². The Hall–Kier alpha value is -0.610. The van der Waals surface area contributed by atoms with Gasteiger partial charge in [0.15, 0.2) is 0 Å². The maximum atomic E-state index is 11.4. The molecule has 0 aromatic heterocycles. The number of rotatable bonds is 4. The third-order valence-corrected chi connectivity index (χ3v) is 3.15. The second-order valence-corrected chi connectivity index (χ2v) is 4.70. The van der Waals surface area contributed by atoms with Gasteiger partial charge in [-0.05, 0) is 45.2 Å². The quantitative estimate of drug-likeness (QED) is 0.729. The summed E-state index contributed by atoms with van der Waals surface area (Å²) in [4.78, 5) is 13.7. The molecule has 2 unspecified atom stereocenters. The lowest BCUT2D eigenvalue weighted by Crippen LogP contribution is -2.44. The normalized spacial score (nSPS) is 24.8. The maximum Gasteiger partial charge on any atom is 0.324 e. The van der Waals surface area contributed by atoms with Crippen LogP contribution in [-0.4, -0.2) is 43.2 Å². The number of carbonyl (C=O) groups excluding carboxylic acids is 1. The molecule has 2 N–H and O–H groups in total. The Bertz CT molecular complexity index is 221. The lowest BCUT2D eigenvalue weighted by atomic mass is 10.0. The summed E-state index contributed by atoms with van der Waals surface area (Å²) < 4.78 is 4.91. The fourth-order valence-electron chi connectivity index (χ4n) is 2.11. The van der Waals surface area contributed by atoms with Crippen molar-refractivity contribution in [2.75, 3.05) is 26.2 Å². The highest BCUT2D eigenvalue weighted by atomic mass is 16.5. The lowest BCUT2D eigenvalue weighted by Gasteiger charge is -2.22. The summed E-state index contributed by atoms with van der Waals surface area (Å²) in [5.41, 5.74) is 5.80. The largest absolute Gasteiger partial charge is 0.465 e. The minimum absolute atomic E-state index is 0.278. The van der Waals surface area contributed by atoms with Gasteiger partial charge in [0, 0.05) is 6.54 Å². The van der Waals surface area contributed by atoms with Crippen molar-refractivity contribution in [1.29, 1.82) is 0 Å². The number of esters is 1. The highest BCUT2D eigenvalue weighted by Gasteiger charge is 2.20. The summed E-state index contributed by atoms with van der Waals surface area (Å²) >= 11 is 0. The zero-order valence-corrected chi connectivity index (χ0v) is 10.4. The molecule has 4 nitrogen and oxygen atoms in total. The molecule has 1 heterocycles. The molecule has 0 aromatic carbocycles. The number of carbonyl (C=O) groups is 1. The first-order valence-corrected chi connectivity index (χ1v) is 6.28. The molecule has 1 aliphatic heterocycles. The van der Waals surface area contributed by atoms with Gasteiger partial charge in [-0.1, -0.05) is 6.92 Å². The van der Waals surface area contributed by atoms with Crippen molar-refractivity contribution in [2.24, 2.45) is 11.7 Å². The van der Waals surface area contributed by atoms with Crippen LogP contribution < -0.4 is 5.73 Å². The number of ether oxygens (including phenoxy) is 1. The van der Waals surface area contributed by atoms with Crippen LogP contribution in [0, 0.1) is 5.92 Å². The minimum atomic E-state index is -0.492. The number of hydrogen-bond donors (Lipinski definition) is 1. The van der Waals surface area contributed by atoms with Crippen molar-refractivity contribution in [2.45, 2.75) is 39.2 Å². The molecule has 2 atom stereocenters. The average molecular weight is 228 g/mol. The SMILES string of the molecule is CCOC(=O)C(N)CN1CCCC(C)CC1. The maximum absolute atomic E-state index is 11.4. The highest BCUT2D eigenvalue weighted by Crippen LogP contribution is 2.16. The second kappa shape index (κ2) is 6.86. The summed E-state index contributed by atoms with van der Waals surface area (Å²) in [6.07, 6.45) is 3.69. The molecule has 4 heteroatoms. The van der Waals surface area contributed by atoms with Gasteiger partial charge in [0.1, 0.15) is 6.04 Å². The Balaban J connectivity index is 2.32. The van der Waals surface area contributed by atoms with Crippen LogP contribution in [0.4, 0.5) is 0 Å². The van der Waals surface area contributed by atoms with Gasteiger partial charge in [0.25, 0.3) is 0 Å². The van der Waals surface area contributed by atoms with Crippen LogP contribution in [0.3, 0.4) is 0 Å². The smallest absolute Gasteiger partial charge is 0.324 e. The summed E-state index contributed by atoms with van der Waals surface area (Å²) in [6.45, 7) is 7.23. The summed E-state index contributed by atoms with van der Waals surface area (Å²) in [5.74, 6) is 0.517. The fraction of sp³-hybridized carbons (Fsp3) is 0.917. The topological polar surface area (TPSA) is 55.6 Å². The monoisotopic (exact) mass is 228 g/mol. The highest BCUT2D eigenvalue weighted by molar-refractivity contribution is 5.75.